The summed E-state index contributed by atoms with van der Waals surface area (Å²) in [6.45, 7) is 10.9. The normalized spacial score (nSPS) is 50.1. The molecular formula is C29H46N2O4. The lowest BCUT2D eigenvalue weighted by molar-refractivity contribution is -0.178. The molecule has 0 spiro atoms. The summed E-state index contributed by atoms with van der Waals surface area (Å²) >= 11 is 0. The first-order chi connectivity index (χ1) is 16.8. The Bertz CT molecular complexity index is 856. The smallest absolute Gasteiger partial charge is 0.302 e. The predicted molar refractivity (Wildman–Crippen MR) is 135 cm³/mol. The zero-order valence-corrected chi connectivity index (χ0v) is 22.1. The van der Waals surface area contributed by atoms with Crippen molar-refractivity contribution in [2.75, 3.05) is 32.8 Å². The minimum Gasteiger partial charge on any atom is -0.461 e. The maximum atomic E-state index is 12.0. The fourth-order valence-electron chi connectivity index (χ4n) is 10.1. The van der Waals surface area contributed by atoms with Gasteiger partial charge in [0.1, 0.15) is 6.10 Å². The number of ether oxygens (including phenoxy) is 2. The lowest BCUT2D eigenvalue weighted by Gasteiger charge is -2.62. The summed E-state index contributed by atoms with van der Waals surface area (Å²) in [6, 6.07) is 0.297. The Balaban J connectivity index is 1.27. The van der Waals surface area contributed by atoms with Crippen LogP contribution in [0, 0.1) is 40.4 Å². The van der Waals surface area contributed by atoms with Gasteiger partial charge in [-0.3, -0.25) is 14.7 Å². The van der Waals surface area contributed by atoms with E-state index in [1.54, 1.807) is 6.92 Å². The highest BCUT2D eigenvalue weighted by Gasteiger charge is 2.63. The number of fused-ring (bicyclic) bond motifs is 5. The molecule has 0 aromatic heterocycles. The van der Waals surface area contributed by atoms with Gasteiger partial charge in [-0.2, -0.15) is 0 Å². The van der Waals surface area contributed by atoms with Gasteiger partial charge >= 0.3 is 5.97 Å². The summed E-state index contributed by atoms with van der Waals surface area (Å²) in [5.41, 5.74) is 1.63. The number of hydrogen-bond donors (Lipinski definition) is 1. The molecule has 35 heavy (non-hydrogen) atoms. The Morgan fingerprint density at radius 3 is 2.63 bits per heavy atom. The number of hydrogen-bond acceptors (Lipinski definition) is 6. The van der Waals surface area contributed by atoms with Crippen LogP contribution in [0.5, 0.6) is 0 Å². The Labute approximate surface area is 211 Å². The number of nitrogens with zero attached hydrogens (tertiary/aromatic N) is 2. The van der Waals surface area contributed by atoms with Gasteiger partial charge in [0, 0.05) is 44.2 Å². The van der Waals surface area contributed by atoms with Gasteiger partial charge in [-0.05, 0) is 92.3 Å². The van der Waals surface area contributed by atoms with E-state index in [9.17, 15) is 9.90 Å². The molecule has 4 aliphatic carbocycles. The summed E-state index contributed by atoms with van der Waals surface area (Å²) in [4.78, 5) is 19.4. The monoisotopic (exact) mass is 486 g/mol. The van der Waals surface area contributed by atoms with Crippen molar-refractivity contribution in [3.8, 4) is 0 Å². The van der Waals surface area contributed by atoms with Gasteiger partial charge in [0.05, 0.1) is 19.3 Å². The third-order valence-corrected chi connectivity index (χ3v) is 11.8. The lowest BCUT2D eigenvalue weighted by Crippen LogP contribution is -2.61. The van der Waals surface area contributed by atoms with Gasteiger partial charge in [-0.25, -0.2) is 0 Å². The van der Waals surface area contributed by atoms with E-state index in [2.05, 4.69) is 18.7 Å². The van der Waals surface area contributed by atoms with Crippen LogP contribution in [0.4, 0.5) is 0 Å². The number of aliphatic hydroxyl groups is 1. The van der Waals surface area contributed by atoms with Crippen molar-refractivity contribution in [2.24, 2.45) is 45.4 Å². The minimum absolute atomic E-state index is 0.00661. The third-order valence-electron chi connectivity index (χ3n) is 11.8. The Morgan fingerprint density at radius 1 is 1.11 bits per heavy atom. The first-order valence-electron chi connectivity index (χ1n) is 14.5. The van der Waals surface area contributed by atoms with E-state index in [-0.39, 0.29) is 34.9 Å². The molecule has 1 N–H and O–H groups in total. The van der Waals surface area contributed by atoms with Crippen molar-refractivity contribution >= 4 is 11.7 Å². The van der Waals surface area contributed by atoms with E-state index in [0.717, 1.165) is 71.4 Å². The van der Waals surface area contributed by atoms with E-state index in [4.69, 9.17) is 14.5 Å². The van der Waals surface area contributed by atoms with Gasteiger partial charge in [-0.1, -0.05) is 13.8 Å². The molecule has 0 aromatic rings. The first-order valence-corrected chi connectivity index (χ1v) is 14.5. The predicted octanol–water partition coefficient (Wildman–Crippen LogP) is 4.09. The highest BCUT2D eigenvalue weighted by molar-refractivity contribution is 5.89. The van der Waals surface area contributed by atoms with Gasteiger partial charge in [-0.15, -0.1) is 0 Å². The van der Waals surface area contributed by atoms with Crippen molar-refractivity contribution in [3.63, 3.8) is 0 Å². The maximum absolute atomic E-state index is 12.0. The molecule has 4 saturated carbocycles. The van der Waals surface area contributed by atoms with Crippen LogP contribution in [-0.4, -0.2) is 72.8 Å². The van der Waals surface area contributed by atoms with Crippen molar-refractivity contribution in [3.05, 3.63) is 0 Å². The van der Waals surface area contributed by atoms with Gasteiger partial charge in [0.2, 0.25) is 0 Å². The number of carbonyl (C=O) groups excluding carboxylic acids is 1. The van der Waals surface area contributed by atoms with Crippen LogP contribution in [0.1, 0.15) is 78.6 Å². The minimum atomic E-state index is -0.225. The highest BCUT2D eigenvalue weighted by Crippen LogP contribution is 2.67. The molecule has 5 fully saturated rings. The Hall–Kier alpha value is -0.980. The first kappa shape index (κ1) is 24.4. The van der Waals surface area contributed by atoms with E-state index >= 15 is 0 Å². The SMILES string of the molecule is CC(=O)O[C@H]1C[C@@H]2CC[C@@H]3[C@H](CC[C@]4(C)[C@@H](O)[C@@H](C5=NCCC5)C[C@@H]34)[C@@]2(C)C[C@@H]1N1CCOCC1. The molecule has 6 nitrogen and oxygen atoms in total. The molecule has 6 heteroatoms. The fourth-order valence-corrected chi connectivity index (χ4v) is 10.1. The Morgan fingerprint density at radius 2 is 1.91 bits per heavy atom. The average Bonchev–Trinajstić information content (AvgIpc) is 3.46. The number of rotatable bonds is 3. The second-order valence-corrected chi connectivity index (χ2v) is 13.3. The molecule has 0 bridgehead atoms. The number of esters is 1. The molecule has 0 radical (unpaired) electrons. The second kappa shape index (κ2) is 9.09. The van der Waals surface area contributed by atoms with E-state index in [0.29, 0.717) is 29.7 Å². The van der Waals surface area contributed by atoms with Crippen LogP contribution < -0.4 is 0 Å². The molecule has 6 rings (SSSR count). The van der Waals surface area contributed by atoms with Gasteiger partial charge < -0.3 is 14.6 Å². The standard InChI is InChI=1S/C29H46N2O4/c1-18(32)35-26-15-19-6-7-20-22(29(19,3)17-25(26)31-11-13-34-14-12-31)8-9-28(2)23(20)16-21(27(28)33)24-5-4-10-30-24/h19-23,25-27,33H,4-17H2,1-3H3/t19-,20+,21+,22-,23-,25-,26-,27-,28-,29-/m0/s1. The molecule has 0 aromatic carbocycles. The van der Waals surface area contributed by atoms with Crippen LogP contribution >= 0.6 is 0 Å². The topological polar surface area (TPSA) is 71.4 Å². The second-order valence-electron chi connectivity index (χ2n) is 13.3. The van der Waals surface area contributed by atoms with Crippen LogP contribution in [0.2, 0.25) is 0 Å². The molecule has 2 aliphatic heterocycles. The van der Waals surface area contributed by atoms with Gasteiger partial charge in [0.25, 0.3) is 0 Å². The summed E-state index contributed by atoms with van der Waals surface area (Å²) in [5.74, 6) is 2.79. The zero-order chi connectivity index (χ0) is 24.4. The number of aliphatic imine (C=N–C) groups is 1. The fraction of sp³-hybridized carbons (Fsp3) is 0.931. The molecule has 196 valence electrons. The molecule has 2 heterocycles. The van der Waals surface area contributed by atoms with Crippen molar-refractivity contribution < 1.29 is 19.4 Å². The molecule has 0 amide bonds. The molecule has 0 unspecified atom stereocenters. The maximum Gasteiger partial charge on any atom is 0.302 e. The lowest BCUT2D eigenvalue weighted by atomic mass is 9.44. The van der Waals surface area contributed by atoms with Crippen LogP contribution in [0.3, 0.4) is 0 Å². The van der Waals surface area contributed by atoms with Crippen molar-refractivity contribution in [1.29, 1.82) is 0 Å². The third kappa shape index (κ3) is 3.92. The van der Waals surface area contributed by atoms with Crippen LogP contribution in [0.25, 0.3) is 0 Å². The molecule has 10 atom stereocenters. The molecule has 6 aliphatic rings. The highest BCUT2D eigenvalue weighted by atomic mass is 16.5. The number of morpholine rings is 1. The number of aliphatic hydroxyl groups excluding tert-OH is 1. The Kier molecular flexibility index (Phi) is 6.33. The van der Waals surface area contributed by atoms with Crippen molar-refractivity contribution in [2.45, 2.75) is 96.8 Å². The largest absolute Gasteiger partial charge is 0.461 e. The average molecular weight is 487 g/mol. The zero-order valence-electron chi connectivity index (χ0n) is 22.1. The van der Waals surface area contributed by atoms with Gasteiger partial charge in [0.15, 0.2) is 0 Å². The van der Waals surface area contributed by atoms with E-state index in [1.165, 1.54) is 25.0 Å². The van der Waals surface area contributed by atoms with Crippen LogP contribution in [-0.2, 0) is 14.3 Å². The summed E-state index contributed by atoms with van der Waals surface area (Å²) in [5, 5.41) is 11.6. The van der Waals surface area contributed by atoms with E-state index in [1.807, 2.05) is 0 Å². The quantitative estimate of drug-likeness (QED) is 0.609. The summed E-state index contributed by atoms with van der Waals surface area (Å²) in [6.07, 6.45) is 10.2. The van der Waals surface area contributed by atoms with Crippen LogP contribution in [0.15, 0.2) is 4.99 Å². The summed E-state index contributed by atoms with van der Waals surface area (Å²) in [7, 11) is 0. The van der Waals surface area contributed by atoms with Crippen molar-refractivity contribution in [1.82, 2.24) is 4.90 Å². The number of carbonyl (C=O) groups is 1. The van der Waals surface area contributed by atoms with E-state index < -0.39 is 0 Å². The molecule has 1 saturated heterocycles. The summed E-state index contributed by atoms with van der Waals surface area (Å²) < 4.78 is 11.7. The molecular weight excluding hydrogens is 440 g/mol.